The van der Waals surface area contributed by atoms with Crippen LogP contribution in [0.1, 0.15) is 36.3 Å². The predicted molar refractivity (Wildman–Crippen MR) is 114 cm³/mol. The lowest BCUT2D eigenvalue weighted by Crippen LogP contribution is -2.36. The van der Waals surface area contributed by atoms with Crippen LogP contribution in [0.4, 0.5) is 0 Å². The average molecular weight is 429 g/mol. The number of aryl methyl sites for hydroxylation is 2. The molecule has 2 aromatic heterocycles. The molecule has 0 amide bonds. The molecular formula is C22H28N4O3S. The Morgan fingerprint density at radius 3 is 2.60 bits per heavy atom. The minimum absolute atomic E-state index is 0.0226. The van der Waals surface area contributed by atoms with E-state index in [-0.39, 0.29) is 17.0 Å². The Morgan fingerprint density at radius 2 is 1.90 bits per heavy atom. The maximum absolute atomic E-state index is 13.1. The number of nitrogens with one attached hydrogen (secondary N) is 1. The summed E-state index contributed by atoms with van der Waals surface area (Å²) in [6.45, 7) is 3.50. The molecule has 1 aliphatic heterocycles. The van der Waals surface area contributed by atoms with E-state index in [4.69, 9.17) is 4.42 Å². The van der Waals surface area contributed by atoms with Gasteiger partial charge in [-0.05, 0) is 24.1 Å². The van der Waals surface area contributed by atoms with Crippen LogP contribution in [0, 0.1) is 0 Å². The summed E-state index contributed by atoms with van der Waals surface area (Å²) >= 11 is 0. The summed E-state index contributed by atoms with van der Waals surface area (Å²) < 4.78 is 35.3. The van der Waals surface area contributed by atoms with Gasteiger partial charge < -0.3 is 14.3 Å². The van der Waals surface area contributed by atoms with Crippen molar-refractivity contribution in [2.24, 2.45) is 7.05 Å². The molecule has 8 heteroatoms. The average Bonchev–Trinajstić information content (AvgIpc) is 3.47. The third-order valence-corrected chi connectivity index (χ3v) is 7.27. The van der Waals surface area contributed by atoms with Crippen LogP contribution in [-0.4, -0.2) is 41.4 Å². The van der Waals surface area contributed by atoms with Gasteiger partial charge in [0.1, 0.15) is 11.5 Å². The standard InChI is InChI=1S/C22H28N4O3S/c1-3-7-18-10-11-19(29-18)12-23-21-14-26(13-20(21)17-8-5-4-6-9-17)30(27,28)22-15-25(2)16-24-22/h4-6,8-11,15-16,20-21,23H,3,7,12-14H2,1-2H3. The van der Waals surface area contributed by atoms with Gasteiger partial charge in [-0.1, -0.05) is 37.3 Å². The van der Waals surface area contributed by atoms with Crippen LogP contribution in [0.2, 0.25) is 0 Å². The highest BCUT2D eigenvalue weighted by molar-refractivity contribution is 7.89. The Labute approximate surface area is 177 Å². The Kier molecular flexibility index (Phi) is 6.08. The van der Waals surface area contributed by atoms with Crippen molar-refractivity contribution in [3.8, 4) is 0 Å². The molecule has 0 aliphatic carbocycles. The lowest BCUT2D eigenvalue weighted by Gasteiger charge is -2.19. The van der Waals surface area contributed by atoms with Gasteiger partial charge in [-0.25, -0.2) is 13.4 Å². The molecule has 0 bridgehead atoms. The molecule has 3 heterocycles. The third kappa shape index (κ3) is 4.35. The largest absolute Gasteiger partial charge is 0.465 e. The van der Waals surface area contributed by atoms with E-state index >= 15 is 0 Å². The van der Waals surface area contributed by atoms with Gasteiger partial charge in [0.05, 0.1) is 12.9 Å². The van der Waals surface area contributed by atoms with Crippen LogP contribution >= 0.6 is 0 Å². The minimum Gasteiger partial charge on any atom is -0.465 e. The van der Waals surface area contributed by atoms with Gasteiger partial charge in [0.2, 0.25) is 0 Å². The van der Waals surface area contributed by atoms with E-state index in [0.717, 1.165) is 29.9 Å². The number of furan rings is 1. The maximum atomic E-state index is 13.1. The lowest BCUT2D eigenvalue weighted by atomic mass is 9.94. The fourth-order valence-corrected chi connectivity index (χ4v) is 5.45. The number of sulfonamides is 1. The van der Waals surface area contributed by atoms with E-state index in [1.807, 2.05) is 30.3 Å². The summed E-state index contributed by atoms with van der Waals surface area (Å²) in [4.78, 5) is 4.07. The molecule has 2 atom stereocenters. The zero-order valence-electron chi connectivity index (χ0n) is 17.4. The maximum Gasteiger partial charge on any atom is 0.262 e. The highest BCUT2D eigenvalue weighted by Crippen LogP contribution is 2.31. The molecule has 2 unspecified atom stereocenters. The van der Waals surface area contributed by atoms with Crippen LogP contribution in [0.15, 0.2) is 64.4 Å². The van der Waals surface area contributed by atoms with Crippen LogP contribution < -0.4 is 5.32 Å². The number of hydrogen-bond acceptors (Lipinski definition) is 5. The quantitative estimate of drug-likeness (QED) is 0.597. The predicted octanol–water partition coefficient (Wildman–Crippen LogP) is 2.91. The second kappa shape index (κ2) is 8.75. The Balaban J connectivity index is 1.53. The summed E-state index contributed by atoms with van der Waals surface area (Å²) in [7, 11) is -1.87. The fraction of sp³-hybridized carbons (Fsp3) is 0.409. The molecule has 1 fully saturated rings. The van der Waals surface area contributed by atoms with Crippen molar-refractivity contribution < 1.29 is 12.8 Å². The molecule has 3 aromatic rings. The number of rotatable bonds is 8. The number of benzene rings is 1. The van der Waals surface area contributed by atoms with Crippen molar-refractivity contribution in [2.75, 3.05) is 13.1 Å². The molecule has 1 N–H and O–H groups in total. The van der Waals surface area contributed by atoms with E-state index in [2.05, 4.69) is 29.4 Å². The van der Waals surface area contributed by atoms with Crippen LogP contribution in [0.25, 0.3) is 0 Å². The molecule has 30 heavy (non-hydrogen) atoms. The minimum atomic E-state index is -3.64. The third-order valence-electron chi connectivity index (χ3n) is 5.55. The molecule has 1 aliphatic rings. The summed E-state index contributed by atoms with van der Waals surface area (Å²) in [5.74, 6) is 1.91. The van der Waals surface area contributed by atoms with Crippen LogP contribution in [-0.2, 0) is 30.0 Å². The first kappa shape index (κ1) is 20.8. The van der Waals surface area contributed by atoms with Crippen molar-refractivity contribution in [2.45, 2.75) is 43.3 Å². The Hall–Kier alpha value is -2.42. The van der Waals surface area contributed by atoms with Gasteiger partial charge in [0.25, 0.3) is 10.0 Å². The first-order valence-corrected chi connectivity index (χ1v) is 11.8. The van der Waals surface area contributed by atoms with Gasteiger partial charge >= 0.3 is 0 Å². The highest BCUT2D eigenvalue weighted by Gasteiger charge is 2.40. The molecule has 1 aromatic carbocycles. The van der Waals surface area contributed by atoms with E-state index in [1.54, 1.807) is 17.8 Å². The Morgan fingerprint density at radius 1 is 1.13 bits per heavy atom. The van der Waals surface area contributed by atoms with Gasteiger partial charge in [-0.2, -0.15) is 4.31 Å². The SMILES string of the molecule is CCCc1ccc(CNC2CN(S(=O)(=O)c3cn(C)cn3)CC2c2ccccc2)o1. The lowest BCUT2D eigenvalue weighted by molar-refractivity contribution is 0.411. The summed E-state index contributed by atoms with van der Waals surface area (Å²) in [6.07, 6.45) is 5.02. The molecule has 1 saturated heterocycles. The smallest absolute Gasteiger partial charge is 0.262 e. The van der Waals surface area contributed by atoms with Crippen molar-refractivity contribution in [1.29, 1.82) is 0 Å². The topological polar surface area (TPSA) is 80.4 Å². The van der Waals surface area contributed by atoms with E-state index in [0.29, 0.717) is 19.6 Å². The number of imidazole rings is 1. The second-order valence-corrected chi connectivity index (χ2v) is 9.71. The fourth-order valence-electron chi connectivity index (χ4n) is 3.99. The molecular weight excluding hydrogens is 400 g/mol. The summed E-state index contributed by atoms with van der Waals surface area (Å²) in [5, 5.41) is 3.63. The van der Waals surface area contributed by atoms with Gasteiger partial charge in [-0.15, -0.1) is 0 Å². The molecule has 0 spiro atoms. The Bertz CT molecular complexity index is 1070. The van der Waals surface area contributed by atoms with E-state index in [1.165, 1.54) is 10.6 Å². The zero-order valence-corrected chi connectivity index (χ0v) is 18.2. The first-order chi connectivity index (χ1) is 14.5. The molecule has 4 rings (SSSR count). The van der Waals surface area contributed by atoms with Gasteiger partial charge in [0, 0.05) is 44.7 Å². The first-order valence-electron chi connectivity index (χ1n) is 10.3. The second-order valence-electron chi connectivity index (χ2n) is 7.82. The summed E-state index contributed by atoms with van der Waals surface area (Å²) in [6, 6.07) is 14.1. The molecule has 0 saturated carbocycles. The summed E-state index contributed by atoms with van der Waals surface area (Å²) in [5.41, 5.74) is 1.12. The van der Waals surface area contributed by atoms with Crippen molar-refractivity contribution in [3.63, 3.8) is 0 Å². The van der Waals surface area contributed by atoms with Crippen LogP contribution in [0.5, 0.6) is 0 Å². The molecule has 160 valence electrons. The van der Waals surface area contributed by atoms with Crippen molar-refractivity contribution in [3.05, 3.63) is 72.1 Å². The zero-order chi connectivity index (χ0) is 21.1. The monoisotopic (exact) mass is 428 g/mol. The highest BCUT2D eigenvalue weighted by atomic mass is 32.2. The molecule has 7 nitrogen and oxygen atoms in total. The van der Waals surface area contributed by atoms with E-state index in [9.17, 15) is 8.42 Å². The van der Waals surface area contributed by atoms with Crippen LogP contribution in [0.3, 0.4) is 0 Å². The van der Waals surface area contributed by atoms with Gasteiger partial charge in [0.15, 0.2) is 5.03 Å². The van der Waals surface area contributed by atoms with E-state index < -0.39 is 10.0 Å². The van der Waals surface area contributed by atoms with Gasteiger partial charge in [-0.3, -0.25) is 0 Å². The number of hydrogen-bond donors (Lipinski definition) is 1. The van der Waals surface area contributed by atoms with Crippen molar-refractivity contribution >= 4 is 10.0 Å². The number of aromatic nitrogens is 2. The normalized spacial score (nSPS) is 20.1. The molecule has 0 radical (unpaired) electrons. The van der Waals surface area contributed by atoms with Crippen molar-refractivity contribution in [1.82, 2.24) is 19.2 Å². The number of nitrogens with zero attached hydrogens (tertiary/aromatic N) is 3.